The SMILES string of the molecule is Cc1ccc2occ(/C=C3\SC(=O)N(C)C3=O)c(=O)c2c1. The number of rotatable bonds is 1. The molecule has 0 radical (unpaired) electrons. The number of likely N-dealkylation sites (N-methyl/N-ethyl adjacent to an activating group) is 1. The zero-order chi connectivity index (χ0) is 15.1. The number of hydrogen-bond acceptors (Lipinski definition) is 5. The van der Waals surface area contributed by atoms with Crippen LogP contribution < -0.4 is 5.43 Å². The molecular formula is C15H11NO4S. The van der Waals surface area contributed by atoms with Gasteiger partial charge in [-0.05, 0) is 36.9 Å². The Kier molecular flexibility index (Phi) is 3.17. The third kappa shape index (κ3) is 2.27. The lowest BCUT2D eigenvalue weighted by molar-refractivity contribution is -0.121. The van der Waals surface area contributed by atoms with Gasteiger partial charge in [0.25, 0.3) is 11.1 Å². The Morgan fingerprint density at radius 2 is 2.00 bits per heavy atom. The molecule has 2 amide bonds. The number of carbonyl (C=O) groups excluding carboxylic acids is 2. The molecule has 21 heavy (non-hydrogen) atoms. The molecule has 3 rings (SSSR count). The first-order chi connectivity index (χ1) is 9.97. The van der Waals surface area contributed by atoms with Gasteiger partial charge >= 0.3 is 0 Å². The normalized spacial score (nSPS) is 17.2. The van der Waals surface area contributed by atoms with Gasteiger partial charge in [0.15, 0.2) is 5.43 Å². The first kappa shape index (κ1) is 13.6. The molecule has 0 bridgehead atoms. The average Bonchev–Trinajstić information content (AvgIpc) is 2.70. The van der Waals surface area contributed by atoms with Crippen molar-refractivity contribution in [2.45, 2.75) is 6.92 Å². The van der Waals surface area contributed by atoms with Crippen molar-refractivity contribution in [2.75, 3.05) is 7.05 Å². The van der Waals surface area contributed by atoms with Gasteiger partial charge in [0.05, 0.1) is 15.9 Å². The van der Waals surface area contributed by atoms with Gasteiger partial charge in [-0.25, -0.2) is 0 Å². The number of imide groups is 1. The van der Waals surface area contributed by atoms with E-state index >= 15 is 0 Å². The number of nitrogens with zero attached hydrogens (tertiary/aromatic N) is 1. The van der Waals surface area contributed by atoms with Crippen LogP contribution in [0, 0.1) is 6.92 Å². The fourth-order valence-electron chi connectivity index (χ4n) is 2.05. The number of amides is 2. The topological polar surface area (TPSA) is 67.6 Å². The quantitative estimate of drug-likeness (QED) is 0.758. The van der Waals surface area contributed by atoms with Crippen molar-refractivity contribution in [1.29, 1.82) is 0 Å². The molecule has 2 heterocycles. The van der Waals surface area contributed by atoms with Crippen molar-refractivity contribution >= 4 is 40.0 Å². The van der Waals surface area contributed by atoms with E-state index in [4.69, 9.17) is 4.42 Å². The van der Waals surface area contributed by atoms with E-state index < -0.39 is 5.91 Å². The molecule has 5 nitrogen and oxygen atoms in total. The number of aryl methyl sites for hydroxylation is 1. The Balaban J connectivity index is 2.14. The summed E-state index contributed by atoms with van der Waals surface area (Å²) in [5.41, 5.74) is 1.47. The van der Waals surface area contributed by atoms with Gasteiger partial charge in [0.1, 0.15) is 11.8 Å². The predicted octanol–water partition coefficient (Wildman–Crippen LogP) is 2.77. The van der Waals surface area contributed by atoms with E-state index in [2.05, 4.69) is 0 Å². The van der Waals surface area contributed by atoms with Crippen LogP contribution in [0.3, 0.4) is 0 Å². The summed E-state index contributed by atoms with van der Waals surface area (Å²) >= 11 is 0.812. The highest BCUT2D eigenvalue weighted by atomic mass is 32.2. The summed E-state index contributed by atoms with van der Waals surface area (Å²) in [6.45, 7) is 1.88. The van der Waals surface area contributed by atoms with E-state index in [1.54, 1.807) is 12.1 Å². The van der Waals surface area contributed by atoms with E-state index in [1.165, 1.54) is 19.4 Å². The maximum Gasteiger partial charge on any atom is 0.293 e. The van der Waals surface area contributed by atoms with Crippen molar-refractivity contribution < 1.29 is 14.0 Å². The minimum absolute atomic E-state index is 0.220. The lowest BCUT2D eigenvalue weighted by Gasteiger charge is -2.02. The molecule has 1 aliphatic rings. The third-order valence-corrected chi connectivity index (χ3v) is 4.19. The van der Waals surface area contributed by atoms with Crippen molar-refractivity contribution in [1.82, 2.24) is 4.90 Å². The summed E-state index contributed by atoms with van der Waals surface area (Å²) in [6, 6.07) is 5.33. The van der Waals surface area contributed by atoms with Crippen molar-refractivity contribution in [3.05, 3.63) is 50.7 Å². The van der Waals surface area contributed by atoms with Crippen LogP contribution in [0.15, 0.2) is 38.6 Å². The van der Waals surface area contributed by atoms with Crippen LogP contribution in [0.25, 0.3) is 17.0 Å². The van der Waals surface area contributed by atoms with Crippen molar-refractivity contribution in [3.8, 4) is 0 Å². The molecular weight excluding hydrogens is 290 g/mol. The Labute approximate surface area is 124 Å². The summed E-state index contributed by atoms with van der Waals surface area (Å²) in [5, 5.41) is 0.103. The molecule has 0 N–H and O–H groups in total. The molecule has 1 aliphatic heterocycles. The van der Waals surface area contributed by atoms with Crippen LogP contribution in [-0.4, -0.2) is 23.1 Å². The first-order valence-electron chi connectivity index (χ1n) is 6.21. The number of hydrogen-bond donors (Lipinski definition) is 0. The number of carbonyl (C=O) groups is 2. The highest BCUT2D eigenvalue weighted by molar-refractivity contribution is 8.18. The predicted molar refractivity (Wildman–Crippen MR) is 81.0 cm³/mol. The molecule has 0 atom stereocenters. The first-order valence-corrected chi connectivity index (χ1v) is 7.03. The summed E-state index contributed by atoms with van der Waals surface area (Å²) in [5.74, 6) is -0.409. The van der Waals surface area contributed by atoms with Crippen LogP contribution in [0.4, 0.5) is 4.79 Å². The lowest BCUT2D eigenvalue weighted by atomic mass is 10.1. The molecule has 0 aliphatic carbocycles. The van der Waals surface area contributed by atoms with Gasteiger partial charge in [-0.1, -0.05) is 11.6 Å². The summed E-state index contributed by atoms with van der Waals surface area (Å²) in [6.07, 6.45) is 2.71. The highest BCUT2D eigenvalue weighted by Crippen LogP contribution is 2.30. The second-order valence-electron chi connectivity index (χ2n) is 4.76. The summed E-state index contributed by atoms with van der Waals surface area (Å²) < 4.78 is 5.41. The second-order valence-corrected chi connectivity index (χ2v) is 5.75. The van der Waals surface area contributed by atoms with Crippen molar-refractivity contribution in [3.63, 3.8) is 0 Å². The minimum Gasteiger partial charge on any atom is -0.463 e. The third-order valence-electron chi connectivity index (χ3n) is 3.23. The van der Waals surface area contributed by atoms with Gasteiger partial charge in [0.2, 0.25) is 0 Å². The Bertz CT molecular complexity index is 866. The second kappa shape index (κ2) is 4.89. The standard InChI is InChI=1S/C15H11NO4S/c1-8-3-4-11-10(5-8)13(17)9(7-20-11)6-12-14(18)16(2)15(19)21-12/h3-7H,1-2H3/b12-6-. The molecule has 1 aromatic carbocycles. The number of fused-ring (bicyclic) bond motifs is 1. The van der Waals surface area contributed by atoms with Gasteiger partial charge in [0, 0.05) is 7.05 Å². The van der Waals surface area contributed by atoms with Gasteiger partial charge in [-0.3, -0.25) is 19.3 Å². The van der Waals surface area contributed by atoms with Crippen LogP contribution in [0.5, 0.6) is 0 Å². The smallest absolute Gasteiger partial charge is 0.293 e. The van der Waals surface area contributed by atoms with E-state index in [0.29, 0.717) is 11.0 Å². The van der Waals surface area contributed by atoms with E-state index in [1.807, 2.05) is 13.0 Å². The molecule has 1 aromatic heterocycles. The maximum absolute atomic E-state index is 12.4. The Hall–Kier alpha value is -2.34. The summed E-state index contributed by atoms with van der Waals surface area (Å²) in [4.78, 5) is 36.9. The van der Waals surface area contributed by atoms with Crippen LogP contribution in [0.2, 0.25) is 0 Å². The highest BCUT2D eigenvalue weighted by Gasteiger charge is 2.32. The van der Waals surface area contributed by atoms with E-state index in [9.17, 15) is 14.4 Å². The lowest BCUT2D eigenvalue weighted by Crippen LogP contribution is -2.22. The molecule has 6 heteroatoms. The monoisotopic (exact) mass is 301 g/mol. The largest absolute Gasteiger partial charge is 0.463 e. The van der Waals surface area contributed by atoms with E-state index in [0.717, 1.165) is 22.2 Å². The number of benzene rings is 1. The molecule has 0 spiro atoms. The molecule has 2 aromatic rings. The van der Waals surface area contributed by atoms with Crippen LogP contribution in [-0.2, 0) is 4.79 Å². The van der Waals surface area contributed by atoms with Gasteiger partial charge < -0.3 is 4.42 Å². The van der Waals surface area contributed by atoms with Crippen LogP contribution >= 0.6 is 11.8 Å². The van der Waals surface area contributed by atoms with Gasteiger partial charge in [-0.15, -0.1) is 0 Å². The molecule has 1 fully saturated rings. The zero-order valence-corrected chi connectivity index (χ0v) is 12.2. The van der Waals surface area contributed by atoms with Crippen molar-refractivity contribution in [2.24, 2.45) is 0 Å². The fraction of sp³-hybridized carbons (Fsp3) is 0.133. The minimum atomic E-state index is -0.409. The molecule has 0 unspecified atom stereocenters. The fourth-order valence-corrected chi connectivity index (χ4v) is 2.86. The average molecular weight is 301 g/mol. The van der Waals surface area contributed by atoms with Crippen LogP contribution in [0.1, 0.15) is 11.1 Å². The number of thioether (sulfide) groups is 1. The maximum atomic E-state index is 12.4. The van der Waals surface area contributed by atoms with Gasteiger partial charge in [-0.2, -0.15) is 0 Å². The zero-order valence-electron chi connectivity index (χ0n) is 11.4. The Morgan fingerprint density at radius 1 is 1.24 bits per heavy atom. The molecule has 106 valence electrons. The molecule has 1 saturated heterocycles. The summed E-state index contributed by atoms with van der Waals surface area (Å²) in [7, 11) is 1.41. The van der Waals surface area contributed by atoms with E-state index in [-0.39, 0.29) is 21.1 Å². The Morgan fingerprint density at radius 3 is 2.67 bits per heavy atom. The molecule has 0 saturated carbocycles.